The molecule has 3 rings (SSSR count). The fourth-order valence-electron chi connectivity index (χ4n) is 3.43. The summed E-state index contributed by atoms with van der Waals surface area (Å²) in [5.41, 5.74) is 6.70. The molecule has 0 aliphatic carbocycles. The average molecular weight is 360 g/mol. The lowest BCUT2D eigenvalue weighted by Crippen LogP contribution is -2.55. The van der Waals surface area contributed by atoms with Crippen molar-refractivity contribution >= 4 is 23.4 Å². The van der Waals surface area contributed by atoms with E-state index in [1.807, 2.05) is 0 Å². The molecular formula is C18H24N4O4. The molecule has 140 valence electrons. The Kier molecular flexibility index (Phi) is 5.53. The minimum Gasteiger partial charge on any atom is -0.384 e. The number of anilines is 1. The zero-order valence-electron chi connectivity index (χ0n) is 14.5. The molecule has 8 nitrogen and oxygen atoms in total. The molecule has 1 aromatic rings. The van der Waals surface area contributed by atoms with E-state index in [-0.39, 0.29) is 6.42 Å². The Morgan fingerprint density at radius 2 is 1.96 bits per heavy atom. The smallest absolute Gasteiger partial charge is 0.264 e. The second-order valence-corrected chi connectivity index (χ2v) is 6.60. The molecule has 3 amide bonds. The topological polar surface area (TPSA) is 125 Å². The van der Waals surface area contributed by atoms with Gasteiger partial charge in [0.2, 0.25) is 5.91 Å². The van der Waals surface area contributed by atoms with Gasteiger partial charge in [-0.1, -0.05) is 12.5 Å². The summed E-state index contributed by atoms with van der Waals surface area (Å²) in [6, 6.07) is 4.20. The first kappa shape index (κ1) is 18.3. The minimum absolute atomic E-state index is 0.250. The summed E-state index contributed by atoms with van der Waals surface area (Å²) in [4.78, 5) is 38.8. The first-order valence-electron chi connectivity index (χ1n) is 8.98. The summed E-state index contributed by atoms with van der Waals surface area (Å²) in [5, 5.41) is 15.1. The second-order valence-electron chi connectivity index (χ2n) is 6.60. The zero-order valence-corrected chi connectivity index (χ0v) is 14.5. The molecule has 0 radical (unpaired) electrons. The Bertz CT molecular complexity index is 721. The third-order valence-electron chi connectivity index (χ3n) is 4.78. The van der Waals surface area contributed by atoms with Crippen molar-refractivity contribution in [3.8, 4) is 0 Å². The van der Waals surface area contributed by atoms with Gasteiger partial charge in [-0.2, -0.15) is 0 Å². The highest BCUT2D eigenvalue weighted by Gasteiger charge is 2.45. The van der Waals surface area contributed by atoms with Gasteiger partial charge in [-0.3, -0.25) is 19.3 Å². The van der Waals surface area contributed by atoms with Crippen LogP contribution in [0.4, 0.5) is 5.69 Å². The van der Waals surface area contributed by atoms with E-state index in [4.69, 9.17) is 5.73 Å². The number of piperidine rings is 1. The zero-order chi connectivity index (χ0) is 18.7. The molecule has 0 spiro atoms. The summed E-state index contributed by atoms with van der Waals surface area (Å²) in [6.07, 6.45) is 2.47. The number of nitrogens with zero attached hydrogens (tertiary/aromatic N) is 1. The maximum atomic E-state index is 12.9. The molecule has 2 aliphatic rings. The van der Waals surface area contributed by atoms with Gasteiger partial charge >= 0.3 is 0 Å². The predicted octanol–water partition coefficient (Wildman–Crippen LogP) is 0.420. The molecule has 1 fully saturated rings. The lowest BCUT2D eigenvalue weighted by molar-refractivity contribution is -0.131. The minimum atomic E-state index is -0.931. The van der Waals surface area contributed by atoms with Crippen molar-refractivity contribution in [2.75, 3.05) is 18.4 Å². The van der Waals surface area contributed by atoms with Gasteiger partial charge in [-0.15, -0.1) is 0 Å². The van der Waals surface area contributed by atoms with E-state index in [1.54, 1.807) is 18.2 Å². The lowest BCUT2D eigenvalue weighted by Gasteiger charge is -2.31. The van der Waals surface area contributed by atoms with Crippen LogP contribution in [-0.4, -0.2) is 53.1 Å². The van der Waals surface area contributed by atoms with Crippen molar-refractivity contribution in [3.05, 3.63) is 29.3 Å². The predicted molar refractivity (Wildman–Crippen MR) is 95.5 cm³/mol. The van der Waals surface area contributed by atoms with Crippen molar-refractivity contribution in [1.29, 1.82) is 0 Å². The number of carbonyl (C=O) groups excluding carboxylic acids is 3. The number of imide groups is 1. The molecule has 0 saturated carbocycles. The van der Waals surface area contributed by atoms with Crippen LogP contribution in [0, 0.1) is 0 Å². The van der Waals surface area contributed by atoms with Gasteiger partial charge in [0.1, 0.15) is 12.3 Å². The third kappa shape index (κ3) is 3.42. The number of fused-ring (bicyclic) bond motifs is 1. The van der Waals surface area contributed by atoms with Crippen molar-refractivity contribution in [3.63, 3.8) is 0 Å². The standard InChI is InChI=1S/C18H24N4O4/c19-9-2-1-3-10-20-12-6-4-5-11-15(12)18(26)22(17(11)25)13-7-8-14(23)21-16(13)24/h4-6,13-14,20,23H,1-3,7-10,19H2,(H,21,24). The molecule has 2 aliphatic heterocycles. The summed E-state index contributed by atoms with van der Waals surface area (Å²) >= 11 is 0. The monoisotopic (exact) mass is 360 g/mol. The van der Waals surface area contributed by atoms with Gasteiger partial charge in [0.25, 0.3) is 11.8 Å². The normalized spacial score (nSPS) is 22.4. The van der Waals surface area contributed by atoms with Gasteiger partial charge in [0.05, 0.1) is 11.1 Å². The molecule has 8 heteroatoms. The van der Waals surface area contributed by atoms with Gasteiger partial charge in [-0.05, 0) is 44.4 Å². The maximum absolute atomic E-state index is 12.9. The first-order valence-corrected chi connectivity index (χ1v) is 8.98. The quantitative estimate of drug-likeness (QED) is 0.413. The Labute approximate surface area is 151 Å². The van der Waals surface area contributed by atoms with Gasteiger partial charge in [0.15, 0.2) is 0 Å². The highest BCUT2D eigenvalue weighted by molar-refractivity contribution is 6.25. The fraction of sp³-hybridized carbons (Fsp3) is 0.500. The molecule has 0 aromatic heterocycles. The van der Waals surface area contributed by atoms with Crippen LogP contribution < -0.4 is 16.4 Å². The molecular weight excluding hydrogens is 336 g/mol. The SMILES string of the molecule is NCCCCCNc1cccc2c1C(=O)N(C1CCC(O)NC1=O)C2=O. The van der Waals surface area contributed by atoms with Crippen molar-refractivity contribution < 1.29 is 19.5 Å². The lowest BCUT2D eigenvalue weighted by atomic mass is 10.0. The molecule has 0 bridgehead atoms. The molecule has 26 heavy (non-hydrogen) atoms. The number of nitrogens with two attached hydrogens (primary N) is 1. The molecule has 2 unspecified atom stereocenters. The van der Waals surface area contributed by atoms with Crippen LogP contribution >= 0.6 is 0 Å². The Balaban J connectivity index is 1.77. The Morgan fingerprint density at radius 3 is 2.69 bits per heavy atom. The van der Waals surface area contributed by atoms with Gasteiger partial charge in [-0.25, -0.2) is 0 Å². The first-order chi connectivity index (χ1) is 12.5. The third-order valence-corrected chi connectivity index (χ3v) is 4.78. The number of hydrogen-bond acceptors (Lipinski definition) is 6. The Morgan fingerprint density at radius 1 is 1.15 bits per heavy atom. The van der Waals surface area contributed by atoms with E-state index in [0.717, 1.165) is 24.2 Å². The van der Waals surface area contributed by atoms with Crippen LogP contribution in [-0.2, 0) is 4.79 Å². The number of amides is 3. The summed E-state index contributed by atoms with van der Waals surface area (Å²) in [7, 11) is 0. The summed E-state index contributed by atoms with van der Waals surface area (Å²) < 4.78 is 0. The summed E-state index contributed by atoms with van der Waals surface area (Å²) in [6.45, 7) is 1.33. The number of hydrogen-bond donors (Lipinski definition) is 4. The molecule has 2 atom stereocenters. The number of carbonyl (C=O) groups is 3. The molecule has 2 heterocycles. The fourth-order valence-corrected chi connectivity index (χ4v) is 3.43. The van der Waals surface area contributed by atoms with E-state index in [9.17, 15) is 19.5 Å². The summed E-state index contributed by atoms with van der Waals surface area (Å²) in [5.74, 6) is -1.44. The van der Waals surface area contributed by atoms with Crippen molar-refractivity contribution in [2.45, 2.75) is 44.4 Å². The highest BCUT2D eigenvalue weighted by atomic mass is 16.3. The van der Waals surface area contributed by atoms with E-state index in [1.165, 1.54) is 0 Å². The van der Waals surface area contributed by atoms with E-state index >= 15 is 0 Å². The maximum Gasteiger partial charge on any atom is 0.264 e. The molecule has 1 aromatic carbocycles. The average Bonchev–Trinajstić information content (AvgIpc) is 2.87. The van der Waals surface area contributed by atoms with Crippen molar-refractivity contribution in [2.24, 2.45) is 5.73 Å². The molecule has 5 N–H and O–H groups in total. The van der Waals surface area contributed by atoms with E-state index in [2.05, 4.69) is 10.6 Å². The van der Waals surface area contributed by atoms with Gasteiger partial charge in [0, 0.05) is 12.2 Å². The van der Waals surface area contributed by atoms with Gasteiger partial charge < -0.3 is 21.5 Å². The van der Waals surface area contributed by atoms with Crippen LogP contribution in [0.3, 0.4) is 0 Å². The second kappa shape index (κ2) is 7.84. The number of benzene rings is 1. The van der Waals surface area contributed by atoms with Crippen LogP contribution in [0.25, 0.3) is 0 Å². The Hall–Kier alpha value is -2.45. The van der Waals surface area contributed by atoms with Crippen LogP contribution in [0.2, 0.25) is 0 Å². The molecule has 1 saturated heterocycles. The number of unbranched alkanes of at least 4 members (excludes halogenated alkanes) is 2. The number of aliphatic hydroxyl groups is 1. The van der Waals surface area contributed by atoms with E-state index in [0.29, 0.717) is 36.3 Å². The van der Waals surface area contributed by atoms with Crippen molar-refractivity contribution in [1.82, 2.24) is 10.2 Å². The number of aliphatic hydroxyl groups excluding tert-OH is 1. The number of rotatable bonds is 7. The highest BCUT2D eigenvalue weighted by Crippen LogP contribution is 2.32. The van der Waals surface area contributed by atoms with Crippen LogP contribution in [0.1, 0.15) is 52.8 Å². The number of nitrogens with one attached hydrogen (secondary N) is 2. The van der Waals surface area contributed by atoms with Crippen LogP contribution in [0.5, 0.6) is 0 Å². The van der Waals surface area contributed by atoms with Crippen LogP contribution in [0.15, 0.2) is 18.2 Å². The largest absolute Gasteiger partial charge is 0.384 e. The van der Waals surface area contributed by atoms with E-state index < -0.39 is 30.0 Å².